The molecule has 16 nitrogen and oxygen atoms in total. The SMILES string of the molecule is CO[C@H]1C[C@@H]2CC[C@@H](C)[C@@](O)(O2)C(=O)C(=O)N2CCCC[C@H]2C(=O)O[C@H]([C@H](C)C[C@@H]2CCC(N=[N+]=[N-])[C@H](OC)C2)CC(=O)[C@H](C)/C=C(\C)[C@@H](O)[C@@H](O)C(=O)[C@H](C)C[C@H](C)/C=C/C=CC=C1C. The van der Waals surface area contributed by atoms with E-state index in [2.05, 4.69) is 10.0 Å². The van der Waals surface area contributed by atoms with Gasteiger partial charge in [0.2, 0.25) is 5.79 Å². The van der Waals surface area contributed by atoms with Gasteiger partial charge in [-0.25, -0.2) is 4.79 Å². The molecule has 15 atom stereocenters. The minimum Gasteiger partial charge on any atom is -0.460 e. The molecule has 66 heavy (non-hydrogen) atoms. The van der Waals surface area contributed by atoms with E-state index in [-0.39, 0.29) is 60.6 Å². The molecule has 3 heterocycles. The number of aliphatic hydroxyl groups excluding tert-OH is 2. The number of allylic oxidation sites excluding steroid dienone is 6. The lowest BCUT2D eigenvalue weighted by atomic mass is 9.78. The lowest BCUT2D eigenvalue weighted by molar-refractivity contribution is -0.265. The number of ether oxygens (including phenoxy) is 4. The van der Waals surface area contributed by atoms with E-state index in [0.29, 0.717) is 64.2 Å². The molecular weight excluding hydrogens is 849 g/mol. The number of piperidine rings is 1. The maximum Gasteiger partial charge on any atom is 0.329 e. The first-order valence-electron chi connectivity index (χ1n) is 23.9. The molecule has 0 spiro atoms. The summed E-state index contributed by atoms with van der Waals surface area (Å²) >= 11 is 0. The lowest BCUT2D eigenvalue weighted by Gasteiger charge is -2.42. The van der Waals surface area contributed by atoms with E-state index in [0.717, 1.165) is 5.57 Å². The van der Waals surface area contributed by atoms with Gasteiger partial charge in [-0.2, -0.15) is 0 Å². The molecule has 1 saturated carbocycles. The van der Waals surface area contributed by atoms with Crippen molar-refractivity contribution in [1.29, 1.82) is 0 Å². The molecule has 0 radical (unpaired) electrons. The quantitative estimate of drug-likeness (QED) is 0.0620. The van der Waals surface area contributed by atoms with Gasteiger partial charge in [0.1, 0.15) is 30.1 Å². The number of hydrogen-bond donors (Lipinski definition) is 3. The minimum atomic E-state index is -2.45. The molecule has 0 aromatic carbocycles. The Morgan fingerprint density at radius 1 is 0.909 bits per heavy atom. The first-order chi connectivity index (χ1) is 31.2. The fourth-order valence-electron chi connectivity index (χ4n) is 10.1. The molecule has 1 amide bonds. The standard InChI is InChI=1S/C50H76N4O12/c1-29-15-11-10-12-16-30(2)41(63-8)27-37-20-18-35(7)50(62,66-37)47(59)48(60)54-22-14-13-17-39(54)49(61)65-42(32(4)25-36-19-21-38(52-53-51)43(26-36)64-9)28-40(55)31(3)24-34(6)45(57)46(58)44(56)33(5)23-29/h10-12,15-16,24,29,31-33,35-39,41-43,45-46,57-58,62H,13-14,17-23,25-28H2,1-9H3/b12-10?,15-11+,30-16?,34-24+/t29-,31-,32-,33-,35-,36+,37+,38?,39+,41+,42+,43-,45-,46+,50-/m1/s1. The van der Waals surface area contributed by atoms with E-state index in [1.54, 1.807) is 41.9 Å². The first-order valence-corrected chi connectivity index (χ1v) is 23.9. The lowest BCUT2D eigenvalue weighted by Crippen LogP contribution is -2.61. The average Bonchev–Trinajstić information content (AvgIpc) is 3.30. The number of ketones is 3. The van der Waals surface area contributed by atoms with Crippen LogP contribution >= 0.6 is 0 Å². The molecule has 3 N–H and O–H groups in total. The van der Waals surface area contributed by atoms with Crippen molar-refractivity contribution in [3.8, 4) is 0 Å². The summed E-state index contributed by atoms with van der Waals surface area (Å²) in [4.78, 5) is 74.4. The highest BCUT2D eigenvalue weighted by atomic mass is 16.6. The van der Waals surface area contributed by atoms with Crippen molar-refractivity contribution in [3.63, 3.8) is 0 Å². The molecule has 0 aromatic heterocycles. The van der Waals surface area contributed by atoms with Crippen LogP contribution < -0.4 is 0 Å². The zero-order valence-corrected chi connectivity index (χ0v) is 40.5. The molecule has 3 fully saturated rings. The van der Waals surface area contributed by atoms with E-state index < -0.39 is 83.5 Å². The number of esters is 1. The Kier molecular flexibility index (Phi) is 21.0. The van der Waals surface area contributed by atoms with Crippen LogP contribution in [0.3, 0.4) is 0 Å². The van der Waals surface area contributed by atoms with E-state index in [1.165, 1.54) is 11.0 Å². The number of Topliss-reactive ketones (excluding diaryl/α,β-unsaturated/α-hetero) is 3. The second kappa shape index (κ2) is 25.4. The largest absolute Gasteiger partial charge is 0.460 e. The smallest absolute Gasteiger partial charge is 0.329 e. The van der Waals surface area contributed by atoms with Crippen molar-refractivity contribution in [1.82, 2.24) is 4.90 Å². The van der Waals surface area contributed by atoms with E-state index in [1.807, 2.05) is 51.2 Å². The van der Waals surface area contributed by atoms with Gasteiger partial charge in [0.05, 0.1) is 24.4 Å². The number of nitrogens with zero attached hydrogens (tertiary/aromatic N) is 4. The molecule has 16 heteroatoms. The van der Waals surface area contributed by atoms with Crippen LogP contribution in [0, 0.1) is 35.5 Å². The third kappa shape index (κ3) is 14.3. The van der Waals surface area contributed by atoms with Gasteiger partial charge < -0.3 is 39.2 Å². The number of rotatable bonds is 6. The van der Waals surface area contributed by atoms with Crippen LogP contribution in [0.25, 0.3) is 10.4 Å². The van der Waals surface area contributed by atoms with Crippen LogP contribution in [-0.4, -0.2) is 125 Å². The number of hydrogen-bond acceptors (Lipinski definition) is 13. The first kappa shape index (κ1) is 54.6. The van der Waals surface area contributed by atoms with Crippen molar-refractivity contribution in [2.45, 2.75) is 180 Å². The second-order valence-corrected chi connectivity index (χ2v) is 19.6. The van der Waals surface area contributed by atoms with Crippen LogP contribution in [-0.2, 0) is 42.9 Å². The number of amides is 1. The van der Waals surface area contributed by atoms with E-state index >= 15 is 0 Å². The summed E-state index contributed by atoms with van der Waals surface area (Å²) in [7, 11) is 3.13. The van der Waals surface area contributed by atoms with Crippen molar-refractivity contribution in [3.05, 3.63) is 58.0 Å². The summed E-state index contributed by atoms with van der Waals surface area (Å²) in [5.41, 5.74) is 10.2. The van der Waals surface area contributed by atoms with Crippen LogP contribution in [0.4, 0.5) is 0 Å². The number of carbonyl (C=O) groups excluding carboxylic acids is 5. The molecule has 4 aliphatic rings. The monoisotopic (exact) mass is 925 g/mol. The van der Waals surface area contributed by atoms with Gasteiger partial charge in [0, 0.05) is 56.3 Å². The molecular formula is C50H76N4O12. The summed E-state index contributed by atoms with van der Waals surface area (Å²) in [6.45, 7) is 12.3. The number of carbonyl (C=O) groups is 5. The van der Waals surface area contributed by atoms with Crippen molar-refractivity contribution in [2.24, 2.45) is 40.6 Å². The third-order valence-corrected chi connectivity index (χ3v) is 14.4. The number of cyclic esters (lactones) is 1. The summed E-state index contributed by atoms with van der Waals surface area (Å²) in [6.07, 6.45) is 10.4. The molecule has 3 aliphatic heterocycles. The number of aliphatic hydroxyl groups is 3. The van der Waals surface area contributed by atoms with Crippen LogP contribution in [0.5, 0.6) is 0 Å². The fraction of sp³-hybridized carbons (Fsp3) is 0.740. The fourth-order valence-corrected chi connectivity index (χ4v) is 10.1. The Bertz CT molecular complexity index is 1880. The Labute approximate surface area is 390 Å². The van der Waals surface area contributed by atoms with Gasteiger partial charge in [-0.3, -0.25) is 19.2 Å². The second-order valence-electron chi connectivity index (χ2n) is 19.6. The highest BCUT2D eigenvalue weighted by Crippen LogP contribution is 2.38. The number of methoxy groups -OCH3 is 2. The van der Waals surface area contributed by atoms with E-state index in [4.69, 9.17) is 24.5 Å². The normalized spacial score (nSPS) is 38.5. The Morgan fingerprint density at radius 3 is 2.32 bits per heavy atom. The third-order valence-electron chi connectivity index (χ3n) is 14.4. The molecule has 2 saturated heterocycles. The van der Waals surface area contributed by atoms with Crippen molar-refractivity contribution < 1.29 is 58.2 Å². The minimum absolute atomic E-state index is 0.0430. The predicted octanol–water partition coefficient (Wildman–Crippen LogP) is 6.84. The summed E-state index contributed by atoms with van der Waals surface area (Å²) in [6, 6.07) is -1.49. The molecule has 368 valence electrons. The average molecular weight is 925 g/mol. The number of azide groups is 1. The Hall–Kier alpha value is -4.02. The topological polar surface area (TPSA) is 235 Å². The van der Waals surface area contributed by atoms with Gasteiger partial charge in [0.25, 0.3) is 11.7 Å². The zero-order chi connectivity index (χ0) is 48.9. The molecule has 2 bridgehead atoms. The highest BCUT2D eigenvalue weighted by Gasteiger charge is 2.53. The van der Waals surface area contributed by atoms with Crippen LogP contribution in [0.2, 0.25) is 0 Å². The van der Waals surface area contributed by atoms with Gasteiger partial charge in [-0.15, -0.1) is 0 Å². The summed E-state index contributed by atoms with van der Waals surface area (Å²) < 4.78 is 23.9. The van der Waals surface area contributed by atoms with Gasteiger partial charge >= 0.3 is 5.97 Å². The van der Waals surface area contributed by atoms with E-state index in [9.17, 15) is 39.3 Å². The predicted molar refractivity (Wildman–Crippen MR) is 247 cm³/mol. The van der Waals surface area contributed by atoms with Gasteiger partial charge in [0.15, 0.2) is 5.78 Å². The molecule has 4 rings (SSSR count). The summed E-state index contributed by atoms with van der Waals surface area (Å²) in [5.74, 6) is -8.72. The van der Waals surface area contributed by atoms with Crippen LogP contribution in [0.1, 0.15) is 126 Å². The molecule has 0 aromatic rings. The number of fused-ring (bicyclic) bond motifs is 3. The maximum absolute atomic E-state index is 14.4. The maximum atomic E-state index is 14.4. The van der Waals surface area contributed by atoms with Gasteiger partial charge in [-0.1, -0.05) is 76.2 Å². The summed E-state index contributed by atoms with van der Waals surface area (Å²) in [5, 5.41) is 38.0. The van der Waals surface area contributed by atoms with Crippen molar-refractivity contribution >= 4 is 29.2 Å². The zero-order valence-electron chi connectivity index (χ0n) is 40.5. The van der Waals surface area contributed by atoms with Crippen LogP contribution in [0.15, 0.2) is 52.7 Å². The Morgan fingerprint density at radius 2 is 1.64 bits per heavy atom. The highest BCUT2D eigenvalue weighted by molar-refractivity contribution is 6.39. The molecule has 1 aliphatic carbocycles. The van der Waals surface area contributed by atoms with Crippen molar-refractivity contribution in [2.75, 3.05) is 20.8 Å². The van der Waals surface area contributed by atoms with Gasteiger partial charge in [-0.05, 0) is 112 Å². The molecule has 1 unspecified atom stereocenters. The Balaban J connectivity index is 1.69.